The van der Waals surface area contributed by atoms with Crippen LogP contribution in [0.15, 0.2) is 181 Å². The van der Waals surface area contributed by atoms with Gasteiger partial charge in [-0.3, -0.25) is 0 Å². The van der Waals surface area contributed by atoms with Gasteiger partial charge in [0.1, 0.15) is 5.82 Å². The molecule has 7 rings (SSSR count). The number of aromatic nitrogens is 1. The number of allylic oxidation sites excluding steroid dienone is 8. The van der Waals surface area contributed by atoms with Gasteiger partial charge in [0.05, 0.1) is 11.0 Å². The SMILES string of the molecule is C=C1/C=C\C=C/N(c2ccc(-c3ccc(-c4ccc5c(c4)c4ccccc4n5C(/C=C\C)=C/C)cc3)cc2)/C(NC2=CCNC=C2)=C\1C(C)N. The molecule has 5 aromatic rings. The van der Waals surface area contributed by atoms with E-state index in [1.807, 2.05) is 37.4 Å². The lowest BCUT2D eigenvalue weighted by Crippen LogP contribution is -2.34. The summed E-state index contributed by atoms with van der Waals surface area (Å²) < 4.78 is 2.35. The first-order valence-electron chi connectivity index (χ1n) is 17.2. The molecule has 1 aromatic heterocycles. The number of para-hydroxylation sites is 1. The maximum Gasteiger partial charge on any atom is 0.120 e. The third kappa shape index (κ3) is 6.27. The Labute approximate surface area is 295 Å². The van der Waals surface area contributed by atoms with Crippen LogP contribution in [0.1, 0.15) is 20.8 Å². The lowest BCUT2D eigenvalue weighted by atomic mass is 9.98. The van der Waals surface area contributed by atoms with E-state index in [1.54, 1.807) is 0 Å². The lowest BCUT2D eigenvalue weighted by molar-refractivity contribution is 0.804. The summed E-state index contributed by atoms with van der Waals surface area (Å²) in [5, 5.41) is 9.37. The normalized spacial score (nSPS) is 18.6. The largest absolute Gasteiger partial charge is 0.387 e. The molecule has 0 bridgehead atoms. The standard InChI is InChI=1S/C45H43N5/c1-5-11-38(6-2)50-42-14-8-7-13-40(42)41-30-36(21-24-43(41)50)35-17-15-33(16-18-35)34-19-22-39(23-20-34)49-29-10-9-12-31(3)44(32(4)46)45(49)48-37-25-27-47-28-26-37/h5-27,29-30,32,47-48H,3,28,46H2,1-2,4H3/b11-5-,12-9-,29-10-,38-6+,45-44+. The molecule has 0 saturated heterocycles. The van der Waals surface area contributed by atoms with E-state index in [1.165, 1.54) is 38.6 Å². The molecule has 4 N–H and O–H groups in total. The van der Waals surface area contributed by atoms with E-state index in [-0.39, 0.29) is 6.04 Å². The van der Waals surface area contributed by atoms with Gasteiger partial charge in [0.25, 0.3) is 0 Å². The first kappa shape index (κ1) is 32.5. The van der Waals surface area contributed by atoms with Crippen molar-refractivity contribution in [1.29, 1.82) is 0 Å². The topological polar surface area (TPSA) is 58.2 Å². The predicted octanol–water partition coefficient (Wildman–Crippen LogP) is 10.2. The minimum atomic E-state index is -0.226. The van der Waals surface area contributed by atoms with Crippen LogP contribution in [0.25, 0.3) is 49.8 Å². The zero-order valence-electron chi connectivity index (χ0n) is 28.9. The minimum Gasteiger partial charge on any atom is -0.387 e. The van der Waals surface area contributed by atoms with E-state index < -0.39 is 0 Å². The Morgan fingerprint density at radius 1 is 0.840 bits per heavy atom. The molecule has 4 aromatic carbocycles. The van der Waals surface area contributed by atoms with E-state index in [2.05, 4.69) is 162 Å². The molecule has 0 aliphatic carbocycles. The van der Waals surface area contributed by atoms with Crippen LogP contribution < -0.4 is 21.3 Å². The van der Waals surface area contributed by atoms with Gasteiger partial charge in [0, 0.05) is 52.2 Å². The summed E-state index contributed by atoms with van der Waals surface area (Å²) in [5.74, 6) is 0.893. The quantitative estimate of drug-likeness (QED) is 0.146. The summed E-state index contributed by atoms with van der Waals surface area (Å²) in [5.41, 5.74) is 18.7. The Balaban J connectivity index is 1.20. The Kier molecular flexibility index (Phi) is 9.24. The fraction of sp³-hybridized carbons (Fsp3) is 0.111. The molecule has 5 heteroatoms. The van der Waals surface area contributed by atoms with Gasteiger partial charge in [-0.05, 0) is 109 Å². The number of nitrogens with one attached hydrogen (secondary N) is 2. The third-order valence-electron chi connectivity index (χ3n) is 9.29. The number of dihydropyridines is 1. The summed E-state index contributed by atoms with van der Waals surface area (Å²) >= 11 is 0. The highest BCUT2D eigenvalue weighted by Crippen LogP contribution is 2.36. The maximum absolute atomic E-state index is 6.55. The summed E-state index contributed by atoms with van der Waals surface area (Å²) in [6, 6.07) is 32.8. The van der Waals surface area contributed by atoms with Crippen LogP contribution in [0.3, 0.4) is 0 Å². The zero-order chi connectivity index (χ0) is 34.6. The number of rotatable bonds is 8. The van der Waals surface area contributed by atoms with Crippen molar-refractivity contribution < 1.29 is 0 Å². The summed E-state index contributed by atoms with van der Waals surface area (Å²) in [6.07, 6.45) is 20.6. The van der Waals surface area contributed by atoms with Crippen molar-refractivity contribution in [2.24, 2.45) is 5.73 Å². The van der Waals surface area contributed by atoms with Crippen LogP contribution in [-0.4, -0.2) is 17.2 Å². The number of anilines is 1. The van der Waals surface area contributed by atoms with E-state index >= 15 is 0 Å². The first-order valence-corrected chi connectivity index (χ1v) is 17.2. The number of fused-ring (bicyclic) bond motifs is 3. The molecule has 0 fully saturated rings. The second-order valence-electron chi connectivity index (χ2n) is 12.6. The van der Waals surface area contributed by atoms with Crippen molar-refractivity contribution in [1.82, 2.24) is 15.2 Å². The fourth-order valence-corrected chi connectivity index (χ4v) is 6.86. The van der Waals surface area contributed by atoms with Crippen LogP contribution in [0.4, 0.5) is 5.69 Å². The Morgan fingerprint density at radius 2 is 1.52 bits per heavy atom. The second-order valence-corrected chi connectivity index (χ2v) is 12.6. The van der Waals surface area contributed by atoms with Crippen LogP contribution >= 0.6 is 0 Å². The molecule has 0 saturated carbocycles. The van der Waals surface area contributed by atoms with Gasteiger partial charge < -0.3 is 25.8 Å². The highest BCUT2D eigenvalue weighted by Gasteiger charge is 2.21. The highest BCUT2D eigenvalue weighted by atomic mass is 15.2. The minimum absolute atomic E-state index is 0.226. The van der Waals surface area contributed by atoms with Gasteiger partial charge in [0.2, 0.25) is 0 Å². The molecule has 5 nitrogen and oxygen atoms in total. The van der Waals surface area contributed by atoms with Gasteiger partial charge in [-0.1, -0.05) is 91.5 Å². The lowest BCUT2D eigenvalue weighted by Gasteiger charge is -2.31. The molecule has 0 amide bonds. The molecule has 0 spiro atoms. The number of nitrogens with zero attached hydrogens (tertiary/aromatic N) is 2. The average Bonchev–Trinajstić information content (AvgIpc) is 3.47. The van der Waals surface area contributed by atoms with Gasteiger partial charge in [-0.2, -0.15) is 0 Å². The van der Waals surface area contributed by atoms with Gasteiger partial charge in [-0.15, -0.1) is 0 Å². The van der Waals surface area contributed by atoms with Crippen LogP contribution in [0, 0.1) is 0 Å². The molecule has 1 unspecified atom stereocenters. The van der Waals surface area contributed by atoms with Crippen LogP contribution in [0.2, 0.25) is 0 Å². The van der Waals surface area contributed by atoms with Crippen LogP contribution in [-0.2, 0) is 0 Å². The number of nitrogens with two attached hydrogens (primary N) is 1. The number of benzene rings is 4. The van der Waals surface area contributed by atoms with Gasteiger partial charge in [-0.25, -0.2) is 0 Å². The first-order chi connectivity index (χ1) is 24.5. The summed E-state index contributed by atoms with van der Waals surface area (Å²) in [4.78, 5) is 2.15. The highest BCUT2D eigenvalue weighted by molar-refractivity contribution is 6.11. The third-order valence-corrected chi connectivity index (χ3v) is 9.29. The van der Waals surface area contributed by atoms with Crippen molar-refractivity contribution >= 4 is 33.2 Å². The van der Waals surface area contributed by atoms with E-state index in [0.29, 0.717) is 0 Å². The monoisotopic (exact) mass is 653 g/mol. The molecule has 1 atom stereocenters. The molecular formula is C45H43N5. The van der Waals surface area contributed by atoms with Gasteiger partial charge >= 0.3 is 0 Å². The molecule has 3 heterocycles. The number of hydrogen-bond donors (Lipinski definition) is 3. The smallest absolute Gasteiger partial charge is 0.120 e. The molecule has 50 heavy (non-hydrogen) atoms. The molecule has 0 radical (unpaired) electrons. The molecule has 2 aliphatic heterocycles. The summed E-state index contributed by atoms with van der Waals surface area (Å²) in [6.45, 7) is 11.3. The Hall–Kier alpha value is -6.04. The van der Waals surface area contributed by atoms with Crippen LogP contribution in [0.5, 0.6) is 0 Å². The fourth-order valence-electron chi connectivity index (χ4n) is 6.86. The predicted molar refractivity (Wildman–Crippen MR) is 214 cm³/mol. The average molecular weight is 654 g/mol. The van der Waals surface area contributed by atoms with Crippen molar-refractivity contribution in [2.45, 2.75) is 26.8 Å². The van der Waals surface area contributed by atoms with E-state index in [9.17, 15) is 0 Å². The van der Waals surface area contributed by atoms with Crippen molar-refractivity contribution in [3.63, 3.8) is 0 Å². The van der Waals surface area contributed by atoms with Crippen molar-refractivity contribution in [3.05, 3.63) is 181 Å². The van der Waals surface area contributed by atoms with E-state index in [0.717, 1.165) is 46.0 Å². The van der Waals surface area contributed by atoms with E-state index in [4.69, 9.17) is 5.73 Å². The Bertz CT molecular complexity index is 2280. The Morgan fingerprint density at radius 3 is 2.20 bits per heavy atom. The second kappa shape index (κ2) is 14.2. The molecule has 248 valence electrons. The summed E-state index contributed by atoms with van der Waals surface area (Å²) in [7, 11) is 0. The van der Waals surface area contributed by atoms with Gasteiger partial charge in [0.15, 0.2) is 0 Å². The zero-order valence-corrected chi connectivity index (χ0v) is 28.9. The molecular weight excluding hydrogens is 611 g/mol. The molecule has 2 aliphatic rings. The maximum atomic E-state index is 6.55. The van der Waals surface area contributed by atoms with Crippen molar-refractivity contribution in [2.75, 3.05) is 11.4 Å². The van der Waals surface area contributed by atoms with Crippen molar-refractivity contribution in [3.8, 4) is 22.3 Å². The number of hydrogen-bond acceptors (Lipinski definition) is 4.